The molecular formula is C32H28BrClN2O5S. The van der Waals surface area contributed by atoms with Crippen LogP contribution in [-0.2, 0) is 16.1 Å². The molecule has 4 aromatic rings. The molecule has 0 saturated carbocycles. The minimum Gasteiger partial charge on any atom is -0.490 e. The van der Waals surface area contributed by atoms with Crippen molar-refractivity contribution < 1.29 is 19.0 Å². The zero-order chi connectivity index (χ0) is 29.8. The average Bonchev–Trinajstić information content (AvgIpc) is 3.30. The molecule has 3 aromatic carbocycles. The number of hydrogen-bond donors (Lipinski definition) is 0. The third-order valence-corrected chi connectivity index (χ3v) is 8.48. The Hall–Kier alpha value is -3.66. The van der Waals surface area contributed by atoms with Crippen molar-refractivity contribution in [2.24, 2.45) is 4.99 Å². The quantitative estimate of drug-likeness (QED) is 0.199. The number of ether oxygens (including phenoxy) is 3. The first-order valence-electron chi connectivity index (χ1n) is 13.4. The van der Waals surface area contributed by atoms with Crippen LogP contribution in [0, 0.1) is 0 Å². The number of hydrogen-bond acceptors (Lipinski definition) is 7. The van der Waals surface area contributed by atoms with Gasteiger partial charge in [0.25, 0.3) is 5.56 Å². The number of allylic oxidation sites excluding steroid dienone is 1. The molecule has 1 aliphatic heterocycles. The van der Waals surface area contributed by atoms with E-state index in [9.17, 15) is 9.59 Å². The minimum absolute atomic E-state index is 0.270. The number of carbonyl (C=O) groups is 1. The average molecular weight is 668 g/mol. The molecule has 0 saturated heterocycles. The van der Waals surface area contributed by atoms with Gasteiger partial charge in [-0.1, -0.05) is 88.3 Å². The van der Waals surface area contributed by atoms with E-state index < -0.39 is 12.0 Å². The summed E-state index contributed by atoms with van der Waals surface area (Å²) in [7, 11) is 1.34. The molecule has 0 radical (unpaired) electrons. The number of benzene rings is 3. The second-order valence-corrected chi connectivity index (χ2v) is 11.7. The van der Waals surface area contributed by atoms with Crippen molar-refractivity contribution in [3.05, 3.63) is 124 Å². The van der Waals surface area contributed by atoms with Gasteiger partial charge in [-0.2, -0.15) is 0 Å². The number of methoxy groups -OCH3 is 1. The zero-order valence-electron chi connectivity index (χ0n) is 23.2. The molecule has 0 bridgehead atoms. The van der Waals surface area contributed by atoms with Gasteiger partial charge in [-0.25, -0.2) is 9.79 Å². The third-order valence-electron chi connectivity index (χ3n) is 6.69. The Morgan fingerprint density at radius 2 is 1.83 bits per heavy atom. The number of thiazole rings is 1. The molecule has 0 unspecified atom stereocenters. The van der Waals surface area contributed by atoms with Crippen molar-refractivity contribution >= 4 is 50.9 Å². The number of esters is 1. The fourth-order valence-electron chi connectivity index (χ4n) is 4.78. The van der Waals surface area contributed by atoms with Crippen LogP contribution in [0.25, 0.3) is 6.08 Å². The summed E-state index contributed by atoms with van der Waals surface area (Å²) in [6, 6.07) is 20.1. The van der Waals surface area contributed by atoms with E-state index in [4.69, 9.17) is 30.8 Å². The van der Waals surface area contributed by atoms with E-state index >= 15 is 0 Å². The van der Waals surface area contributed by atoms with Gasteiger partial charge in [0.2, 0.25) is 0 Å². The van der Waals surface area contributed by atoms with Crippen molar-refractivity contribution in [1.82, 2.24) is 4.57 Å². The molecule has 0 aliphatic carbocycles. The van der Waals surface area contributed by atoms with Gasteiger partial charge < -0.3 is 14.2 Å². The maximum Gasteiger partial charge on any atom is 0.338 e. The summed E-state index contributed by atoms with van der Waals surface area (Å²) in [5.74, 6) is 0.398. The summed E-state index contributed by atoms with van der Waals surface area (Å²) in [5.41, 5.74) is 3.13. The summed E-state index contributed by atoms with van der Waals surface area (Å²) in [6.07, 6.45) is 2.26. The molecule has 0 amide bonds. The number of rotatable bonds is 9. The lowest BCUT2D eigenvalue weighted by molar-refractivity contribution is -0.136. The molecule has 42 heavy (non-hydrogen) atoms. The van der Waals surface area contributed by atoms with Crippen molar-refractivity contribution in [2.75, 3.05) is 13.7 Å². The van der Waals surface area contributed by atoms with Gasteiger partial charge in [0, 0.05) is 4.47 Å². The van der Waals surface area contributed by atoms with Crippen LogP contribution in [0.3, 0.4) is 0 Å². The molecule has 1 aliphatic rings. The predicted molar refractivity (Wildman–Crippen MR) is 168 cm³/mol. The van der Waals surface area contributed by atoms with E-state index in [2.05, 4.69) is 15.9 Å². The largest absolute Gasteiger partial charge is 0.490 e. The molecule has 0 spiro atoms. The third kappa shape index (κ3) is 6.09. The first-order chi connectivity index (χ1) is 20.3. The van der Waals surface area contributed by atoms with Crippen LogP contribution in [0.5, 0.6) is 11.5 Å². The Balaban J connectivity index is 1.59. The first kappa shape index (κ1) is 29.8. The predicted octanol–water partition coefficient (Wildman–Crippen LogP) is 6.19. The van der Waals surface area contributed by atoms with Crippen molar-refractivity contribution in [3.8, 4) is 11.5 Å². The van der Waals surface area contributed by atoms with E-state index in [0.29, 0.717) is 62.3 Å². The number of halogens is 2. The smallest absolute Gasteiger partial charge is 0.338 e. The fraction of sp³-hybridized carbons (Fsp3) is 0.219. The topological polar surface area (TPSA) is 79.1 Å². The molecule has 1 atom stereocenters. The normalized spacial score (nSPS) is 14.8. The Labute approximate surface area is 260 Å². The molecule has 0 N–H and O–H groups in total. The van der Waals surface area contributed by atoms with E-state index in [1.807, 2.05) is 68.4 Å². The van der Waals surface area contributed by atoms with E-state index in [-0.39, 0.29) is 5.56 Å². The standard InChI is InChI=1S/C32H28BrClN2O5S/c1-4-24-27(31(38)39-3)28(21-9-7-6-8-10-21)36-30(37)26(42-32(36)35-24)17-20-15-23(34)29(25(16-20)40-5-2)41-18-19-11-13-22(33)14-12-19/h6-17,28H,4-5,18H2,1-3H3/b26-17-/t28-/m1/s1. The Bertz CT molecular complexity index is 1830. The van der Waals surface area contributed by atoms with Gasteiger partial charge in [-0.3, -0.25) is 9.36 Å². The van der Waals surface area contributed by atoms with E-state index in [1.54, 1.807) is 22.8 Å². The lowest BCUT2D eigenvalue weighted by atomic mass is 9.95. The van der Waals surface area contributed by atoms with Gasteiger partial charge in [0.1, 0.15) is 6.61 Å². The lowest BCUT2D eigenvalue weighted by Gasteiger charge is -2.25. The van der Waals surface area contributed by atoms with E-state index in [0.717, 1.165) is 15.6 Å². The minimum atomic E-state index is -0.663. The summed E-state index contributed by atoms with van der Waals surface area (Å²) < 4.78 is 20.1. The van der Waals surface area contributed by atoms with Crippen LogP contribution < -0.4 is 24.4 Å². The van der Waals surface area contributed by atoms with Crippen LogP contribution in [0.4, 0.5) is 0 Å². The monoisotopic (exact) mass is 666 g/mol. The Kier molecular flexibility index (Phi) is 9.30. The lowest BCUT2D eigenvalue weighted by Crippen LogP contribution is -2.40. The van der Waals surface area contributed by atoms with Crippen LogP contribution >= 0.6 is 38.9 Å². The SMILES string of the molecule is CCOc1cc(/C=c2\sc3n(c2=O)[C@H](c2ccccc2)C(C(=O)OC)=C(CC)N=3)cc(Cl)c1OCc1ccc(Br)cc1. The number of carbonyl (C=O) groups excluding carboxylic acids is 1. The fourth-order valence-corrected chi connectivity index (χ4v) is 6.33. The first-order valence-corrected chi connectivity index (χ1v) is 15.3. The Morgan fingerprint density at radius 1 is 1.10 bits per heavy atom. The van der Waals surface area contributed by atoms with Crippen molar-refractivity contribution in [2.45, 2.75) is 32.9 Å². The van der Waals surface area contributed by atoms with Gasteiger partial charge in [-0.05, 0) is 60.4 Å². The van der Waals surface area contributed by atoms with Gasteiger partial charge >= 0.3 is 5.97 Å². The molecule has 10 heteroatoms. The maximum atomic E-state index is 13.9. The van der Waals surface area contributed by atoms with Gasteiger partial charge in [0.15, 0.2) is 16.3 Å². The van der Waals surface area contributed by atoms with Gasteiger partial charge in [0.05, 0.1) is 40.6 Å². The number of nitrogens with zero attached hydrogens (tertiary/aromatic N) is 2. The highest BCUT2D eigenvalue weighted by Crippen LogP contribution is 2.38. The molecule has 0 fully saturated rings. The Morgan fingerprint density at radius 3 is 2.50 bits per heavy atom. The molecule has 216 valence electrons. The van der Waals surface area contributed by atoms with Crippen LogP contribution in [0.15, 0.2) is 92.3 Å². The summed E-state index contributed by atoms with van der Waals surface area (Å²) in [6.45, 7) is 4.53. The molecular weight excluding hydrogens is 640 g/mol. The maximum absolute atomic E-state index is 13.9. The molecule has 7 nitrogen and oxygen atoms in total. The second kappa shape index (κ2) is 13.1. The summed E-state index contributed by atoms with van der Waals surface area (Å²) >= 11 is 11.4. The molecule has 2 heterocycles. The highest BCUT2D eigenvalue weighted by molar-refractivity contribution is 9.10. The van der Waals surface area contributed by atoms with Crippen molar-refractivity contribution in [3.63, 3.8) is 0 Å². The van der Waals surface area contributed by atoms with Crippen LogP contribution in [0.2, 0.25) is 5.02 Å². The highest BCUT2D eigenvalue weighted by Gasteiger charge is 2.33. The second-order valence-electron chi connectivity index (χ2n) is 9.38. The highest BCUT2D eigenvalue weighted by atomic mass is 79.9. The van der Waals surface area contributed by atoms with Gasteiger partial charge in [-0.15, -0.1) is 0 Å². The van der Waals surface area contributed by atoms with E-state index in [1.165, 1.54) is 18.4 Å². The molecule has 5 rings (SSSR count). The summed E-state index contributed by atoms with van der Waals surface area (Å²) in [4.78, 5) is 32.1. The number of aromatic nitrogens is 1. The zero-order valence-corrected chi connectivity index (χ0v) is 26.4. The van der Waals surface area contributed by atoms with Crippen molar-refractivity contribution in [1.29, 1.82) is 0 Å². The van der Waals surface area contributed by atoms with Crippen LogP contribution in [0.1, 0.15) is 43.0 Å². The summed E-state index contributed by atoms with van der Waals surface area (Å²) in [5, 5.41) is 0.362. The number of fused-ring (bicyclic) bond motifs is 1. The molecule has 1 aromatic heterocycles. The van der Waals surface area contributed by atoms with Crippen LogP contribution in [-0.4, -0.2) is 24.3 Å².